The Morgan fingerprint density at radius 1 is 0.700 bits per heavy atom. The van der Waals surface area contributed by atoms with Gasteiger partial charge in [-0.1, -0.05) is 35.3 Å². The second-order valence-corrected chi connectivity index (χ2v) is 17.8. The Balaban J connectivity index is 0.779. The number of carbonyl (C=O) groups is 4. The molecule has 0 aliphatic carbocycles. The van der Waals surface area contributed by atoms with E-state index in [1.165, 1.54) is 40.4 Å². The Kier molecular flexibility index (Phi) is 10.7. The molecule has 0 radical (unpaired) electrons. The maximum absolute atomic E-state index is 14.6. The van der Waals surface area contributed by atoms with E-state index in [1.54, 1.807) is 34.1 Å². The van der Waals surface area contributed by atoms with Crippen LogP contribution in [-0.4, -0.2) is 133 Å². The van der Waals surface area contributed by atoms with E-state index in [0.717, 1.165) is 23.3 Å². The molecule has 5 saturated heterocycles. The van der Waals surface area contributed by atoms with Crippen molar-refractivity contribution in [1.82, 2.24) is 44.1 Å². The van der Waals surface area contributed by atoms with E-state index in [4.69, 9.17) is 28.9 Å². The van der Waals surface area contributed by atoms with Crippen molar-refractivity contribution in [3.05, 3.63) is 105 Å². The Hall–Kier alpha value is -4.97. The summed E-state index contributed by atoms with van der Waals surface area (Å²) in [7, 11) is 0. The monoisotopic (exact) mass is 866 g/mol. The standard InChI is InChI=1S/C41H43Cl2F3N10O4/c42-33-2-4-36(43)26(8-33)12-51-15-31-20-54(21-32(31)16-51)40(60)56-23-28(10-49-56)38(58)52-6-5-25(17-52)34-3-1-24(7-35(34)41(44,45)46)11-50-13-29-18-53(19-30(29)14-50)39(59)55-22-27(9-48-55)37(47)57/h1-4,7-10,22-23,25,29-32H,5-6,11-21H2,(H2,47,57). The van der Waals surface area contributed by atoms with Gasteiger partial charge in [0, 0.05) is 107 Å². The zero-order valence-electron chi connectivity index (χ0n) is 32.5. The third-order valence-electron chi connectivity index (χ3n) is 12.9. The molecule has 2 N–H and O–H groups in total. The van der Waals surface area contributed by atoms with Crippen LogP contribution >= 0.6 is 23.2 Å². The Labute approximate surface area is 353 Å². The van der Waals surface area contributed by atoms with Crippen molar-refractivity contribution in [3.8, 4) is 0 Å². The van der Waals surface area contributed by atoms with Gasteiger partial charge in [-0.05, 0) is 71.0 Å². The van der Waals surface area contributed by atoms with Gasteiger partial charge in [0.1, 0.15) is 0 Å². The Morgan fingerprint density at radius 3 is 1.83 bits per heavy atom. The van der Waals surface area contributed by atoms with Crippen LogP contribution in [0.1, 0.15) is 55.3 Å². The highest BCUT2D eigenvalue weighted by Gasteiger charge is 2.44. The van der Waals surface area contributed by atoms with Gasteiger partial charge in [0.25, 0.3) is 11.8 Å². The number of benzene rings is 2. The first kappa shape index (κ1) is 40.4. The van der Waals surface area contributed by atoms with Gasteiger partial charge >= 0.3 is 18.2 Å². The minimum absolute atomic E-state index is 0.111. The van der Waals surface area contributed by atoms with Crippen LogP contribution in [0.25, 0.3) is 0 Å². The molecule has 0 spiro atoms. The summed E-state index contributed by atoms with van der Waals surface area (Å²) in [6.07, 6.45) is 1.09. The summed E-state index contributed by atoms with van der Waals surface area (Å²) in [6.45, 7) is 6.38. The molecule has 14 nitrogen and oxygen atoms in total. The molecule has 5 aliphatic rings. The first-order valence-electron chi connectivity index (χ1n) is 20.0. The van der Waals surface area contributed by atoms with E-state index in [1.807, 2.05) is 6.07 Å². The van der Waals surface area contributed by atoms with E-state index < -0.39 is 23.6 Å². The van der Waals surface area contributed by atoms with Gasteiger partial charge in [-0.15, -0.1) is 0 Å². The quantitative estimate of drug-likeness (QED) is 0.267. The van der Waals surface area contributed by atoms with Crippen LogP contribution in [-0.2, 0) is 19.3 Å². The number of hydrogen-bond donors (Lipinski definition) is 1. The summed E-state index contributed by atoms with van der Waals surface area (Å²) in [4.78, 5) is 60.8. The van der Waals surface area contributed by atoms with Crippen LogP contribution in [0.4, 0.5) is 22.8 Å². The largest absolute Gasteiger partial charge is 0.416 e. The van der Waals surface area contributed by atoms with E-state index in [0.29, 0.717) is 86.2 Å². The molecule has 0 saturated carbocycles. The predicted molar refractivity (Wildman–Crippen MR) is 213 cm³/mol. The zero-order chi connectivity index (χ0) is 42.0. The van der Waals surface area contributed by atoms with E-state index in [-0.39, 0.29) is 59.6 Å². The smallest absolute Gasteiger partial charge is 0.366 e. The highest BCUT2D eigenvalue weighted by Crippen LogP contribution is 2.40. The second-order valence-electron chi connectivity index (χ2n) is 16.9. The van der Waals surface area contributed by atoms with Crippen molar-refractivity contribution in [2.24, 2.45) is 29.4 Å². The van der Waals surface area contributed by atoms with Gasteiger partial charge < -0.3 is 20.4 Å². The molecule has 60 heavy (non-hydrogen) atoms. The van der Waals surface area contributed by atoms with Crippen molar-refractivity contribution in [3.63, 3.8) is 0 Å². The van der Waals surface area contributed by atoms with Gasteiger partial charge in [-0.25, -0.2) is 9.59 Å². The van der Waals surface area contributed by atoms with Crippen LogP contribution in [0.15, 0.2) is 61.2 Å². The summed E-state index contributed by atoms with van der Waals surface area (Å²) in [6, 6.07) is 9.28. The van der Waals surface area contributed by atoms with Crippen molar-refractivity contribution in [2.45, 2.75) is 31.6 Å². The number of nitrogens with two attached hydrogens (primary N) is 1. The number of alkyl halides is 3. The number of likely N-dealkylation sites (tertiary alicyclic amines) is 5. The maximum Gasteiger partial charge on any atom is 0.416 e. The van der Waals surface area contributed by atoms with Crippen molar-refractivity contribution < 1.29 is 32.3 Å². The molecule has 5 aliphatic heterocycles. The van der Waals surface area contributed by atoms with Gasteiger partial charge in [-0.3, -0.25) is 19.4 Å². The average Bonchev–Trinajstić information content (AvgIpc) is 4.06. The fraction of sp³-hybridized carbons (Fsp3) is 0.463. The lowest BCUT2D eigenvalue weighted by atomic mass is 9.91. The first-order chi connectivity index (χ1) is 28.7. The van der Waals surface area contributed by atoms with Gasteiger partial charge in [-0.2, -0.15) is 32.7 Å². The van der Waals surface area contributed by atoms with Crippen molar-refractivity contribution in [2.75, 3.05) is 65.4 Å². The molecule has 4 aromatic rings. The van der Waals surface area contributed by atoms with Crippen LogP contribution in [0.2, 0.25) is 10.0 Å². The minimum atomic E-state index is -4.59. The average molecular weight is 868 g/mol. The molecule has 9 rings (SSSR count). The van der Waals surface area contributed by atoms with Crippen LogP contribution in [0, 0.1) is 23.7 Å². The molecule has 19 heteroatoms. The van der Waals surface area contributed by atoms with E-state index in [2.05, 4.69) is 20.0 Å². The zero-order valence-corrected chi connectivity index (χ0v) is 34.0. The molecule has 2 aromatic carbocycles. The number of halogens is 5. The lowest BCUT2D eigenvalue weighted by Crippen LogP contribution is -2.36. The third-order valence-corrected chi connectivity index (χ3v) is 13.5. The van der Waals surface area contributed by atoms with E-state index in [9.17, 15) is 32.3 Å². The molecule has 0 bridgehead atoms. The van der Waals surface area contributed by atoms with E-state index >= 15 is 0 Å². The lowest BCUT2D eigenvalue weighted by Gasteiger charge is -2.23. The SMILES string of the molecule is NC(=O)c1cnn(C(=O)N2CC3CN(Cc4ccc(C5CCN(C(=O)c6cnn(C(=O)N7CC8CN(Cc9cc(Cl)ccc9Cl)CC8C7)c6)C5)c(C(F)(F)F)c4)CC3C2)c1. The number of nitrogens with zero attached hydrogens (tertiary/aromatic N) is 9. The summed E-state index contributed by atoms with van der Waals surface area (Å²) >= 11 is 12.6. The molecular weight excluding hydrogens is 824 g/mol. The highest BCUT2D eigenvalue weighted by molar-refractivity contribution is 6.33. The molecule has 2 aromatic heterocycles. The molecule has 4 amide bonds. The minimum Gasteiger partial charge on any atom is -0.366 e. The number of amides is 4. The van der Waals surface area contributed by atoms with Gasteiger partial charge in [0.2, 0.25) is 0 Å². The number of hydrogen-bond acceptors (Lipinski definition) is 8. The number of rotatable bonds is 7. The Morgan fingerprint density at radius 2 is 1.27 bits per heavy atom. The summed E-state index contributed by atoms with van der Waals surface area (Å²) < 4.78 is 46.1. The molecule has 5 fully saturated rings. The van der Waals surface area contributed by atoms with Crippen LogP contribution in [0.5, 0.6) is 0 Å². The summed E-state index contributed by atoms with van der Waals surface area (Å²) in [5.74, 6) is -0.663. The molecule has 7 heterocycles. The molecular formula is C41H43Cl2F3N10O4. The number of aromatic nitrogens is 4. The number of primary amides is 1. The van der Waals surface area contributed by atoms with Gasteiger partial charge in [0.15, 0.2) is 0 Å². The molecule has 5 unspecified atom stereocenters. The topological polar surface area (TPSA) is 146 Å². The Bertz CT molecular complexity index is 2330. The number of carbonyl (C=O) groups excluding carboxylic acids is 4. The second kappa shape index (κ2) is 15.8. The fourth-order valence-corrected chi connectivity index (χ4v) is 10.4. The fourth-order valence-electron chi connectivity index (χ4n) is 9.98. The lowest BCUT2D eigenvalue weighted by molar-refractivity contribution is -0.138. The van der Waals surface area contributed by atoms with Crippen molar-refractivity contribution in [1.29, 1.82) is 0 Å². The molecule has 5 atom stereocenters. The van der Waals surface area contributed by atoms with Crippen molar-refractivity contribution >= 4 is 47.1 Å². The predicted octanol–water partition coefficient (Wildman–Crippen LogP) is 5.20. The summed E-state index contributed by atoms with van der Waals surface area (Å²) in [5.41, 5.74) is 6.60. The highest BCUT2D eigenvalue weighted by atomic mass is 35.5. The van der Waals surface area contributed by atoms with Crippen LogP contribution < -0.4 is 5.73 Å². The van der Waals surface area contributed by atoms with Crippen LogP contribution in [0.3, 0.4) is 0 Å². The first-order valence-corrected chi connectivity index (χ1v) is 20.8. The number of fused-ring (bicyclic) bond motifs is 2. The van der Waals surface area contributed by atoms with Gasteiger partial charge in [0.05, 0.1) is 29.1 Å². The maximum atomic E-state index is 14.6. The normalized spacial score (nSPS) is 24.4. The molecule has 316 valence electrons. The third kappa shape index (κ3) is 7.99. The summed E-state index contributed by atoms with van der Waals surface area (Å²) in [5, 5.41) is 9.47.